The largest absolute Gasteiger partial charge is 0.483 e. The van der Waals surface area contributed by atoms with E-state index in [0.717, 1.165) is 26.9 Å². The van der Waals surface area contributed by atoms with Crippen molar-refractivity contribution in [2.75, 3.05) is 6.61 Å². The SMILES string of the molecule is CC=C(NNC(=O)COc1ccc(C)cc1Br)c1ccc(-c2ccccc2)cc1. The molecule has 29 heavy (non-hydrogen) atoms. The van der Waals surface area contributed by atoms with E-state index in [0.29, 0.717) is 5.75 Å². The fourth-order valence-corrected chi connectivity index (χ4v) is 3.43. The average Bonchev–Trinajstić information content (AvgIpc) is 2.74. The molecule has 0 unspecified atom stereocenters. The van der Waals surface area contributed by atoms with E-state index in [-0.39, 0.29) is 12.5 Å². The number of rotatable bonds is 7. The van der Waals surface area contributed by atoms with Crippen LogP contribution >= 0.6 is 15.9 Å². The molecule has 4 nitrogen and oxygen atoms in total. The minimum absolute atomic E-state index is 0.0847. The van der Waals surface area contributed by atoms with Gasteiger partial charge < -0.3 is 4.74 Å². The van der Waals surface area contributed by atoms with Gasteiger partial charge >= 0.3 is 0 Å². The molecule has 0 atom stereocenters. The molecule has 0 fully saturated rings. The molecule has 3 aromatic carbocycles. The van der Waals surface area contributed by atoms with Gasteiger partial charge in [-0.05, 0) is 64.2 Å². The van der Waals surface area contributed by atoms with Crippen LogP contribution in [-0.2, 0) is 4.79 Å². The fraction of sp³-hybridized carbons (Fsp3) is 0.125. The van der Waals surface area contributed by atoms with E-state index >= 15 is 0 Å². The lowest BCUT2D eigenvalue weighted by Crippen LogP contribution is -2.39. The predicted octanol–water partition coefficient (Wildman–Crippen LogP) is 5.49. The maximum absolute atomic E-state index is 12.1. The van der Waals surface area contributed by atoms with Gasteiger partial charge in [0, 0.05) is 0 Å². The first kappa shape index (κ1) is 20.7. The lowest BCUT2D eigenvalue weighted by atomic mass is 10.0. The van der Waals surface area contributed by atoms with Crippen molar-refractivity contribution in [2.24, 2.45) is 0 Å². The molecular weight excluding hydrogens is 428 g/mol. The molecule has 0 saturated carbocycles. The Bertz CT molecular complexity index is 999. The van der Waals surface area contributed by atoms with Crippen molar-refractivity contribution in [1.29, 1.82) is 0 Å². The number of benzene rings is 3. The fourth-order valence-electron chi connectivity index (χ4n) is 2.82. The second-order valence-corrected chi connectivity index (χ2v) is 7.40. The molecule has 0 spiro atoms. The van der Waals surface area contributed by atoms with Gasteiger partial charge in [-0.3, -0.25) is 15.6 Å². The zero-order valence-electron chi connectivity index (χ0n) is 16.4. The number of halogens is 1. The smallest absolute Gasteiger partial charge is 0.276 e. The van der Waals surface area contributed by atoms with Crippen LogP contribution in [0.4, 0.5) is 0 Å². The van der Waals surface area contributed by atoms with Crippen LogP contribution in [0, 0.1) is 6.92 Å². The highest BCUT2D eigenvalue weighted by molar-refractivity contribution is 9.10. The Morgan fingerprint density at radius 2 is 1.66 bits per heavy atom. The van der Waals surface area contributed by atoms with Crippen LogP contribution in [0.5, 0.6) is 5.75 Å². The molecule has 0 aliphatic carbocycles. The molecule has 3 aromatic rings. The number of allylic oxidation sites excluding steroid dienone is 1. The molecule has 148 valence electrons. The van der Waals surface area contributed by atoms with E-state index in [2.05, 4.69) is 51.0 Å². The first-order valence-corrected chi connectivity index (χ1v) is 10.1. The van der Waals surface area contributed by atoms with Crippen LogP contribution in [0.1, 0.15) is 18.1 Å². The Labute approximate surface area is 179 Å². The van der Waals surface area contributed by atoms with Crippen molar-refractivity contribution in [3.8, 4) is 16.9 Å². The number of nitrogens with one attached hydrogen (secondary N) is 2. The van der Waals surface area contributed by atoms with E-state index in [4.69, 9.17) is 4.74 Å². The van der Waals surface area contributed by atoms with Gasteiger partial charge in [-0.15, -0.1) is 0 Å². The Balaban J connectivity index is 1.55. The molecule has 0 bridgehead atoms. The van der Waals surface area contributed by atoms with Gasteiger partial charge in [-0.25, -0.2) is 0 Å². The number of hydrogen-bond donors (Lipinski definition) is 2. The van der Waals surface area contributed by atoms with E-state index in [1.54, 1.807) is 0 Å². The van der Waals surface area contributed by atoms with Crippen molar-refractivity contribution < 1.29 is 9.53 Å². The van der Waals surface area contributed by atoms with Crippen LogP contribution in [0.2, 0.25) is 0 Å². The van der Waals surface area contributed by atoms with E-state index in [1.807, 2.05) is 68.5 Å². The van der Waals surface area contributed by atoms with Crippen molar-refractivity contribution in [3.63, 3.8) is 0 Å². The van der Waals surface area contributed by atoms with Gasteiger partial charge in [0.15, 0.2) is 6.61 Å². The van der Waals surface area contributed by atoms with Gasteiger partial charge in [0.25, 0.3) is 5.91 Å². The molecule has 3 rings (SSSR count). The maximum atomic E-state index is 12.1. The van der Waals surface area contributed by atoms with E-state index in [1.165, 1.54) is 5.56 Å². The first-order valence-electron chi connectivity index (χ1n) is 9.33. The summed E-state index contributed by atoms with van der Waals surface area (Å²) in [6.45, 7) is 3.83. The average molecular weight is 451 g/mol. The summed E-state index contributed by atoms with van der Waals surface area (Å²) in [5, 5.41) is 0. The zero-order chi connectivity index (χ0) is 20.6. The maximum Gasteiger partial charge on any atom is 0.276 e. The van der Waals surface area contributed by atoms with Crippen molar-refractivity contribution in [3.05, 3.63) is 94.5 Å². The first-order chi connectivity index (χ1) is 14.1. The monoisotopic (exact) mass is 450 g/mol. The third-order valence-corrected chi connectivity index (χ3v) is 4.99. The topological polar surface area (TPSA) is 50.4 Å². The summed E-state index contributed by atoms with van der Waals surface area (Å²) in [7, 11) is 0. The van der Waals surface area contributed by atoms with Gasteiger partial charge in [-0.2, -0.15) is 0 Å². The number of hydrazine groups is 1. The summed E-state index contributed by atoms with van der Waals surface area (Å²) < 4.78 is 6.40. The van der Waals surface area contributed by atoms with Crippen LogP contribution in [0.3, 0.4) is 0 Å². The molecule has 2 N–H and O–H groups in total. The van der Waals surface area contributed by atoms with Gasteiger partial charge in [0.1, 0.15) is 5.75 Å². The normalized spacial score (nSPS) is 11.1. The summed E-state index contributed by atoms with van der Waals surface area (Å²) in [4.78, 5) is 12.1. The number of carbonyl (C=O) groups is 1. The molecule has 0 aromatic heterocycles. The molecule has 5 heteroatoms. The lowest BCUT2D eigenvalue weighted by Gasteiger charge is -2.14. The second-order valence-electron chi connectivity index (χ2n) is 6.54. The molecule has 0 heterocycles. The number of ether oxygens (including phenoxy) is 1. The Hall–Kier alpha value is -3.05. The van der Waals surface area contributed by atoms with Crippen LogP contribution in [0.15, 0.2) is 83.3 Å². The Morgan fingerprint density at radius 1 is 0.966 bits per heavy atom. The summed E-state index contributed by atoms with van der Waals surface area (Å²) in [5.41, 5.74) is 10.9. The number of amides is 1. The molecule has 1 amide bonds. The highest BCUT2D eigenvalue weighted by Gasteiger charge is 2.07. The summed E-state index contributed by atoms with van der Waals surface area (Å²) >= 11 is 3.44. The van der Waals surface area contributed by atoms with Crippen molar-refractivity contribution >= 4 is 27.5 Å². The highest BCUT2D eigenvalue weighted by atomic mass is 79.9. The van der Waals surface area contributed by atoms with Gasteiger partial charge in [0.05, 0.1) is 10.2 Å². The molecule has 0 saturated heterocycles. The minimum Gasteiger partial charge on any atom is -0.483 e. The predicted molar refractivity (Wildman–Crippen MR) is 121 cm³/mol. The van der Waals surface area contributed by atoms with Crippen LogP contribution < -0.4 is 15.6 Å². The number of carbonyl (C=O) groups excluding carboxylic acids is 1. The van der Waals surface area contributed by atoms with Crippen molar-refractivity contribution in [1.82, 2.24) is 10.9 Å². The Kier molecular flexibility index (Phi) is 7.09. The van der Waals surface area contributed by atoms with E-state index in [9.17, 15) is 4.79 Å². The second kappa shape index (κ2) is 9.94. The summed E-state index contributed by atoms with van der Waals surface area (Å²) in [6, 6.07) is 24.1. The zero-order valence-corrected chi connectivity index (χ0v) is 18.0. The molecule has 0 aliphatic heterocycles. The van der Waals surface area contributed by atoms with Gasteiger partial charge in [0.2, 0.25) is 0 Å². The van der Waals surface area contributed by atoms with E-state index < -0.39 is 0 Å². The standard InChI is InChI=1S/C24H23BrN2O2/c1-3-22(20-12-10-19(11-13-20)18-7-5-4-6-8-18)26-27-24(28)16-29-23-14-9-17(2)15-21(23)25/h3-15,26H,16H2,1-2H3,(H,27,28). The minimum atomic E-state index is -0.266. The number of hydrogen-bond acceptors (Lipinski definition) is 3. The van der Waals surface area contributed by atoms with Crippen LogP contribution in [0.25, 0.3) is 16.8 Å². The quantitative estimate of drug-likeness (QED) is 0.468. The molecule has 0 aliphatic rings. The number of aryl methyl sites for hydroxylation is 1. The molecule has 0 radical (unpaired) electrons. The molecular formula is C24H23BrN2O2. The summed E-state index contributed by atoms with van der Waals surface area (Å²) in [6.07, 6.45) is 1.91. The third kappa shape index (κ3) is 5.72. The van der Waals surface area contributed by atoms with Gasteiger partial charge in [-0.1, -0.05) is 66.7 Å². The van der Waals surface area contributed by atoms with Crippen LogP contribution in [-0.4, -0.2) is 12.5 Å². The summed E-state index contributed by atoms with van der Waals surface area (Å²) in [5.74, 6) is 0.367. The highest BCUT2D eigenvalue weighted by Crippen LogP contribution is 2.25. The van der Waals surface area contributed by atoms with Crippen molar-refractivity contribution in [2.45, 2.75) is 13.8 Å². The Morgan fingerprint density at radius 3 is 2.31 bits per heavy atom. The lowest BCUT2D eigenvalue weighted by molar-refractivity contribution is -0.123. The third-order valence-electron chi connectivity index (χ3n) is 4.37.